The number of anilines is 1. The molecule has 0 N–H and O–H groups in total. The van der Waals surface area contributed by atoms with E-state index in [1.54, 1.807) is 36.4 Å². The number of hydrogen-bond donors (Lipinski definition) is 0. The van der Waals surface area contributed by atoms with Crippen molar-refractivity contribution in [2.24, 2.45) is 0 Å². The maximum Gasteiger partial charge on any atom is 0.293 e. The molecule has 1 aliphatic rings. The van der Waals surface area contributed by atoms with Crippen molar-refractivity contribution in [2.75, 3.05) is 11.5 Å². The van der Waals surface area contributed by atoms with Crippen LogP contribution in [0.5, 0.6) is 5.75 Å². The summed E-state index contributed by atoms with van der Waals surface area (Å²) in [5.41, 5.74) is 1.27. The van der Waals surface area contributed by atoms with E-state index in [1.807, 2.05) is 6.92 Å². The van der Waals surface area contributed by atoms with Crippen molar-refractivity contribution in [1.82, 2.24) is 0 Å². The number of halogens is 3. The van der Waals surface area contributed by atoms with Crippen LogP contribution in [0.3, 0.4) is 0 Å². The number of benzene rings is 2. The Bertz CT molecular complexity index is 834. The molecule has 26 heavy (non-hydrogen) atoms. The fourth-order valence-corrected chi connectivity index (χ4v) is 4.43. The standard InChI is InChI=1S/C18H14Cl3NO3S/c1-2-25-16-13(20)7-10(8-14(16)21)9-15-17(23)22(18(24)26-15)12-5-3-11(19)4-6-12/h3-8,15H,2,9H2,1H3/t15-/m1/s1. The molecular formula is C18H14Cl3NO3S. The van der Waals surface area contributed by atoms with Crippen LogP contribution in [0, 0.1) is 0 Å². The third kappa shape index (κ3) is 3.96. The molecule has 4 nitrogen and oxygen atoms in total. The minimum Gasteiger partial charge on any atom is -0.491 e. The van der Waals surface area contributed by atoms with Crippen LogP contribution in [-0.4, -0.2) is 23.0 Å². The Morgan fingerprint density at radius 2 is 1.69 bits per heavy atom. The highest BCUT2D eigenvalue weighted by Crippen LogP contribution is 2.38. The van der Waals surface area contributed by atoms with Crippen LogP contribution in [0.25, 0.3) is 0 Å². The van der Waals surface area contributed by atoms with Crippen LogP contribution in [0.2, 0.25) is 15.1 Å². The summed E-state index contributed by atoms with van der Waals surface area (Å²) in [6.45, 7) is 2.28. The van der Waals surface area contributed by atoms with Gasteiger partial charge in [0, 0.05) is 5.02 Å². The Kier molecular flexibility index (Phi) is 6.03. The van der Waals surface area contributed by atoms with Gasteiger partial charge in [-0.2, -0.15) is 0 Å². The molecule has 1 saturated heterocycles. The van der Waals surface area contributed by atoms with Gasteiger partial charge in [0.25, 0.3) is 5.24 Å². The molecule has 0 bridgehead atoms. The number of nitrogens with zero attached hydrogens (tertiary/aromatic N) is 1. The van der Waals surface area contributed by atoms with Crippen molar-refractivity contribution in [1.29, 1.82) is 0 Å². The number of amides is 2. The van der Waals surface area contributed by atoms with Crippen molar-refractivity contribution < 1.29 is 14.3 Å². The zero-order valence-corrected chi connectivity index (χ0v) is 16.8. The molecule has 1 aliphatic heterocycles. The van der Waals surface area contributed by atoms with Crippen LogP contribution < -0.4 is 9.64 Å². The number of rotatable bonds is 5. The van der Waals surface area contributed by atoms with E-state index in [4.69, 9.17) is 39.5 Å². The zero-order chi connectivity index (χ0) is 18.8. The van der Waals surface area contributed by atoms with Crippen LogP contribution in [0.1, 0.15) is 12.5 Å². The molecule has 0 unspecified atom stereocenters. The summed E-state index contributed by atoms with van der Waals surface area (Å²) in [4.78, 5) is 26.2. The Morgan fingerprint density at radius 3 is 2.27 bits per heavy atom. The van der Waals surface area contributed by atoms with Gasteiger partial charge in [-0.3, -0.25) is 9.59 Å². The van der Waals surface area contributed by atoms with Gasteiger partial charge < -0.3 is 4.74 Å². The molecule has 2 aromatic carbocycles. The van der Waals surface area contributed by atoms with E-state index < -0.39 is 5.25 Å². The number of hydrogen-bond acceptors (Lipinski definition) is 4. The van der Waals surface area contributed by atoms with E-state index in [-0.39, 0.29) is 11.1 Å². The fourth-order valence-electron chi connectivity index (χ4n) is 2.64. The third-order valence-electron chi connectivity index (χ3n) is 3.77. The highest BCUT2D eigenvalue weighted by atomic mass is 35.5. The topological polar surface area (TPSA) is 46.6 Å². The lowest BCUT2D eigenvalue weighted by Gasteiger charge is -2.14. The average molecular weight is 431 g/mol. The van der Waals surface area contributed by atoms with Gasteiger partial charge in [0.05, 0.1) is 27.6 Å². The summed E-state index contributed by atoms with van der Waals surface area (Å²) in [6.07, 6.45) is 0.338. The summed E-state index contributed by atoms with van der Waals surface area (Å²) >= 11 is 19.3. The van der Waals surface area contributed by atoms with Crippen LogP contribution in [-0.2, 0) is 11.2 Å². The lowest BCUT2D eigenvalue weighted by molar-refractivity contribution is -0.117. The molecule has 0 spiro atoms. The molecule has 0 saturated carbocycles. The van der Waals surface area contributed by atoms with Gasteiger partial charge in [-0.25, -0.2) is 4.90 Å². The van der Waals surface area contributed by atoms with E-state index in [0.29, 0.717) is 39.5 Å². The molecule has 2 amide bonds. The second-order valence-electron chi connectivity index (χ2n) is 5.55. The Morgan fingerprint density at radius 1 is 1.08 bits per heavy atom. The molecule has 8 heteroatoms. The first-order chi connectivity index (χ1) is 12.4. The van der Waals surface area contributed by atoms with E-state index in [1.165, 1.54) is 4.90 Å². The van der Waals surface area contributed by atoms with Crippen molar-refractivity contribution in [3.63, 3.8) is 0 Å². The van der Waals surface area contributed by atoms with Gasteiger partial charge in [0.2, 0.25) is 5.91 Å². The van der Waals surface area contributed by atoms with E-state index >= 15 is 0 Å². The third-order valence-corrected chi connectivity index (χ3v) is 5.62. The maximum atomic E-state index is 12.7. The number of carbonyl (C=O) groups excluding carboxylic acids is 2. The number of ether oxygens (including phenoxy) is 1. The summed E-state index contributed by atoms with van der Waals surface area (Å²) in [6, 6.07) is 9.99. The van der Waals surface area contributed by atoms with Crippen LogP contribution >= 0.6 is 46.6 Å². The smallest absolute Gasteiger partial charge is 0.293 e. The van der Waals surface area contributed by atoms with Gasteiger partial charge in [0.15, 0.2) is 5.75 Å². The second-order valence-corrected chi connectivity index (χ2v) is 7.95. The summed E-state index contributed by atoms with van der Waals surface area (Å²) in [5, 5.41) is 0.445. The molecule has 136 valence electrons. The predicted octanol–water partition coefficient (Wildman–Crippen LogP) is 5.86. The minimum absolute atomic E-state index is 0.275. The normalized spacial score (nSPS) is 17.1. The van der Waals surface area contributed by atoms with Crippen molar-refractivity contribution in [3.8, 4) is 5.75 Å². The zero-order valence-electron chi connectivity index (χ0n) is 13.7. The average Bonchev–Trinajstić information content (AvgIpc) is 2.86. The van der Waals surface area contributed by atoms with E-state index in [2.05, 4.69) is 0 Å². The highest BCUT2D eigenvalue weighted by molar-refractivity contribution is 8.15. The quantitative estimate of drug-likeness (QED) is 0.596. The van der Waals surface area contributed by atoms with E-state index in [0.717, 1.165) is 17.3 Å². The largest absolute Gasteiger partial charge is 0.491 e. The highest BCUT2D eigenvalue weighted by Gasteiger charge is 2.40. The molecule has 1 atom stereocenters. The second kappa shape index (κ2) is 8.09. The molecule has 3 rings (SSSR count). The van der Waals surface area contributed by atoms with Crippen molar-refractivity contribution in [3.05, 3.63) is 57.0 Å². The molecular weight excluding hydrogens is 417 g/mol. The van der Waals surface area contributed by atoms with Gasteiger partial charge in [-0.05, 0) is 55.3 Å². The van der Waals surface area contributed by atoms with Crippen LogP contribution in [0.15, 0.2) is 36.4 Å². The fraction of sp³-hybridized carbons (Fsp3) is 0.222. The first-order valence-corrected chi connectivity index (χ1v) is 9.83. The van der Waals surface area contributed by atoms with Gasteiger partial charge in [-0.1, -0.05) is 46.6 Å². The summed E-state index contributed by atoms with van der Waals surface area (Å²) in [5.74, 6) is 0.146. The molecule has 1 fully saturated rings. The van der Waals surface area contributed by atoms with Crippen molar-refractivity contribution in [2.45, 2.75) is 18.6 Å². The molecule has 0 aromatic heterocycles. The SMILES string of the molecule is CCOc1c(Cl)cc(C[C@H]2SC(=O)N(c3ccc(Cl)cc3)C2=O)cc1Cl. The number of carbonyl (C=O) groups is 2. The minimum atomic E-state index is -0.539. The molecule has 1 heterocycles. The number of imide groups is 1. The summed E-state index contributed by atoms with van der Waals surface area (Å²) in [7, 11) is 0. The van der Waals surface area contributed by atoms with Gasteiger partial charge >= 0.3 is 0 Å². The maximum absolute atomic E-state index is 12.7. The predicted molar refractivity (Wildman–Crippen MR) is 107 cm³/mol. The Hall–Kier alpha value is -1.40. The van der Waals surface area contributed by atoms with Gasteiger partial charge in [0.1, 0.15) is 0 Å². The van der Waals surface area contributed by atoms with Gasteiger partial charge in [-0.15, -0.1) is 0 Å². The first-order valence-electron chi connectivity index (χ1n) is 7.81. The van der Waals surface area contributed by atoms with Crippen molar-refractivity contribution >= 4 is 63.4 Å². The molecule has 0 aliphatic carbocycles. The molecule has 0 radical (unpaired) electrons. The first kappa shape index (κ1) is 19.4. The Balaban J connectivity index is 1.80. The lowest BCUT2D eigenvalue weighted by atomic mass is 10.1. The monoisotopic (exact) mass is 429 g/mol. The number of thioether (sulfide) groups is 1. The Labute approximate surface area is 170 Å². The van der Waals surface area contributed by atoms with Crippen LogP contribution in [0.4, 0.5) is 10.5 Å². The summed E-state index contributed by atoms with van der Waals surface area (Å²) < 4.78 is 5.41. The van der Waals surface area contributed by atoms with E-state index in [9.17, 15) is 9.59 Å². The lowest BCUT2D eigenvalue weighted by Crippen LogP contribution is -2.32. The molecule has 2 aromatic rings.